The van der Waals surface area contributed by atoms with Crippen LogP contribution in [0.1, 0.15) is 10.4 Å². The van der Waals surface area contributed by atoms with Gasteiger partial charge in [-0.1, -0.05) is 30.0 Å². The van der Waals surface area contributed by atoms with E-state index in [0.717, 1.165) is 5.03 Å². The minimum Gasteiger partial charge on any atom is -0.497 e. The van der Waals surface area contributed by atoms with E-state index in [0.29, 0.717) is 22.7 Å². The van der Waals surface area contributed by atoms with Crippen molar-refractivity contribution in [1.82, 2.24) is 4.98 Å². The molecule has 1 heterocycles. The van der Waals surface area contributed by atoms with E-state index >= 15 is 0 Å². The summed E-state index contributed by atoms with van der Waals surface area (Å²) in [6.45, 7) is 0. The van der Waals surface area contributed by atoms with Crippen LogP contribution >= 0.6 is 11.8 Å². The monoisotopic (exact) mass is 393 g/mol. The van der Waals surface area contributed by atoms with Gasteiger partial charge in [0.2, 0.25) is 5.91 Å². The van der Waals surface area contributed by atoms with Gasteiger partial charge in [0, 0.05) is 11.9 Å². The number of thioether (sulfide) groups is 1. The van der Waals surface area contributed by atoms with Gasteiger partial charge in [-0.15, -0.1) is 0 Å². The van der Waals surface area contributed by atoms with Gasteiger partial charge in [0.05, 0.1) is 29.1 Å². The topological polar surface area (TPSA) is 80.3 Å². The Balaban J connectivity index is 1.64. The summed E-state index contributed by atoms with van der Waals surface area (Å²) in [5.41, 5.74) is 1.48. The number of methoxy groups -OCH3 is 1. The number of amides is 2. The quantitative estimate of drug-likeness (QED) is 0.592. The minimum atomic E-state index is -0.307. The molecule has 142 valence electrons. The summed E-state index contributed by atoms with van der Waals surface area (Å²) in [7, 11) is 1.58. The van der Waals surface area contributed by atoms with Crippen molar-refractivity contribution in [3.63, 3.8) is 0 Å². The molecule has 0 fully saturated rings. The van der Waals surface area contributed by atoms with Gasteiger partial charge < -0.3 is 15.4 Å². The number of pyridine rings is 1. The summed E-state index contributed by atoms with van der Waals surface area (Å²) in [6, 6.07) is 19.4. The molecule has 0 saturated carbocycles. The lowest BCUT2D eigenvalue weighted by atomic mass is 10.1. The fourth-order valence-corrected chi connectivity index (χ4v) is 3.08. The Labute approximate surface area is 167 Å². The number of ether oxygens (including phenoxy) is 1. The standard InChI is InChI=1S/C21H19N3O3S/c1-27-16-11-9-15(10-12-16)23-21(26)17-6-2-3-7-18(17)24-19(25)14-28-20-8-4-5-13-22-20/h2-13H,14H2,1H3,(H,23,26)(H,24,25). The first-order chi connectivity index (χ1) is 13.7. The largest absolute Gasteiger partial charge is 0.497 e. The molecule has 0 radical (unpaired) electrons. The molecular formula is C21H19N3O3S. The molecule has 3 rings (SSSR count). The highest BCUT2D eigenvalue weighted by atomic mass is 32.2. The van der Waals surface area contributed by atoms with Crippen molar-refractivity contribution >= 4 is 35.0 Å². The Morgan fingerprint density at radius 2 is 1.71 bits per heavy atom. The van der Waals surface area contributed by atoms with Gasteiger partial charge in [-0.3, -0.25) is 9.59 Å². The van der Waals surface area contributed by atoms with E-state index in [9.17, 15) is 9.59 Å². The van der Waals surface area contributed by atoms with Crippen LogP contribution in [0.2, 0.25) is 0 Å². The predicted molar refractivity (Wildman–Crippen MR) is 111 cm³/mol. The first-order valence-corrected chi connectivity index (χ1v) is 9.52. The van der Waals surface area contributed by atoms with E-state index in [1.165, 1.54) is 11.8 Å². The Morgan fingerprint density at radius 1 is 0.964 bits per heavy atom. The molecule has 0 bridgehead atoms. The zero-order chi connectivity index (χ0) is 19.8. The second-order valence-electron chi connectivity index (χ2n) is 5.73. The fraction of sp³-hybridized carbons (Fsp3) is 0.0952. The molecule has 0 atom stereocenters. The van der Waals surface area contributed by atoms with Crippen LogP contribution in [0.5, 0.6) is 5.75 Å². The smallest absolute Gasteiger partial charge is 0.257 e. The van der Waals surface area contributed by atoms with Crippen LogP contribution in [-0.4, -0.2) is 29.7 Å². The summed E-state index contributed by atoms with van der Waals surface area (Å²) in [6.07, 6.45) is 1.68. The number of para-hydroxylation sites is 1. The lowest BCUT2D eigenvalue weighted by Crippen LogP contribution is -2.19. The first kappa shape index (κ1) is 19.4. The molecule has 1 aromatic heterocycles. The average molecular weight is 393 g/mol. The molecule has 3 aromatic rings. The predicted octanol–water partition coefficient (Wildman–Crippen LogP) is 4.07. The van der Waals surface area contributed by atoms with Gasteiger partial charge in [0.25, 0.3) is 5.91 Å². The van der Waals surface area contributed by atoms with Crippen LogP contribution in [0, 0.1) is 0 Å². The molecule has 0 saturated heterocycles. The summed E-state index contributed by atoms with van der Waals surface area (Å²) < 4.78 is 5.11. The second kappa shape index (κ2) is 9.57. The highest BCUT2D eigenvalue weighted by Crippen LogP contribution is 2.20. The molecule has 0 aliphatic carbocycles. The van der Waals surface area contributed by atoms with Crippen LogP contribution in [0.25, 0.3) is 0 Å². The molecule has 6 nitrogen and oxygen atoms in total. The van der Waals surface area contributed by atoms with Gasteiger partial charge >= 0.3 is 0 Å². The fourth-order valence-electron chi connectivity index (χ4n) is 2.42. The van der Waals surface area contributed by atoms with E-state index < -0.39 is 0 Å². The van der Waals surface area contributed by atoms with Crippen LogP contribution in [-0.2, 0) is 4.79 Å². The first-order valence-electron chi connectivity index (χ1n) is 8.54. The van der Waals surface area contributed by atoms with Gasteiger partial charge in [-0.25, -0.2) is 4.98 Å². The van der Waals surface area contributed by atoms with Gasteiger partial charge in [0.1, 0.15) is 5.75 Å². The maximum Gasteiger partial charge on any atom is 0.257 e. The molecule has 0 aliphatic rings. The lowest BCUT2D eigenvalue weighted by Gasteiger charge is -2.11. The van der Waals surface area contributed by atoms with E-state index in [2.05, 4.69) is 15.6 Å². The van der Waals surface area contributed by atoms with Crippen LogP contribution in [0.4, 0.5) is 11.4 Å². The van der Waals surface area contributed by atoms with E-state index in [-0.39, 0.29) is 17.6 Å². The number of benzene rings is 2. The number of hydrogen-bond acceptors (Lipinski definition) is 5. The molecule has 0 spiro atoms. The zero-order valence-corrected chi connectivity index (χ0v) is 16.0. The highest BCUT2D eigenvalue weighted by molar-refractivity contribution is 7.99. The maximum absolute atomic E-state index is 12.6. The third-order valence-electron chi connectivity index (χ3n) is 3.78. The van der Waals surface area contributed by atoms with Crippen molar-refractivity contribution < 1.29 is 14.3 Å². The number of hydrogen-bond donors (Lipinski definition) is 2. The van der Waals surface area contributed by atoms with Crippen LogP contribution in [0.15, 0.2) is 78.0 Å². The van der Waals surface area contributed by atoms with Crippen molar-refractivity contribution in [2.75, 3.05) is 23.5 Å². The summed E-state index contributed by atoms with van der Waals surface area (Å²) in [5.74, 6) is 0.390. The number of rotatable bonds is 7. The normalized spacial score (nSPS) is 10.2. The number of nitrogens with one attached hydrogen (secondary N) is 2. The molecule has 0 aliphatic heterocycles. The van der Waals surface area contributed by atoms with Crippen LogP contribution in [0.3, 0.4) is 0 Å². The average Bonchev–Trinajstić information content (AvgIpc) is 2.74. The second-order valence-corrected chi connectivity index (χ2v) is 6.73. The molecule has 7 heteroatoms. The summed E-state index contributed by atoms with van der Waals surface area (Å²) in [4.78, 5) is 29.1. The van der Waals surface area contributed by atoms with Crippen molar-refractivity contribution in [3.05, 3.63) is 78.5 Å². The number of aromatic nitrogens is 1. The molecule has 28 heavy (non-hydrogen) atoms. The Kier molecular flexibility index (Phi) is 6.64. The molecule has 2 amide bonds. The van der Waals surface area contributed by atoms with Gasteiger partial charge in [0.15, 0.2) is 0 Å². The van der Waals surface area contributed by atoms with Gasteiger partial charge in [-0.05, 0) is 48.5 Å². The van der Waals surface area contributed by atoms with Crippen LogP contribution < -0.4 is 15.4 Å². The highest BCUT2D eigenvalue weighted by Gasteiger charge is 2.14. The Bertz CT molecular complexity index is 947. The molecular weight excluding hydrogens is 374 g/mol. The third-order valence-corrected chi connectivity index (χ3v) is 4.73. The third kappa shape index (κ3) is 5.34. The SMILES string of the molecule is COc1ccc(NC(=O)c2ccccc2NC(=O)CSc2ccccn2)cc1. The number of carbonyl (C=O) groups is 2. The number of nitrogens with zero attached hydrogens (tertiary/aromatic N) is 1. The van der Waals surface area contributed by atoms with Crippen molar-refractivity contribution in [3.8, 4) is 5.75 Å². The Morgan fingerprint density at radius 3 is 2.43 bits per heavy atom. The lowest BCUT2D eigenvalue weighted by molar-refractivity contribution is -0.113. The molecule has 2 N–H and O–H groups in total. The van der Waals surface area contributed by atoms with E-state index in [1.54, 1.807) is 61.8 Å². The van der Waals surface area contributed by atoms with E-state index in [4.69, 9.17) is 4.74 Å². The molecule has 2 aromatic carbocycles. The zero-order valence-electron chi connectivity index (χ0n) is 15.2. The molecule has 0 unspecified atom stereocenters. The van der Waals surface area contributed by atoms with Crippen molar-refractivity contribution in [1.29, 1.82) is 0 Å². The minimum absolute atomic E-state index is 0.200. The Hall–Kier alpha value is -3.32. The van der Waals surface area contributed by atoms with Crippen molar-refractivity contribution in [2.45, 2.75) is 5.03 Å². The number of carbonyl (C=O) groups excluding carboxylic acids is 2. The van der Waals surface area contributed by atoms with E-state index in [1.807, 2.05) is 18.2 Å². The van der Waals surface area contributed by atoms with Crippen molar-refractivity contribution in [2.24, 2.45) is 0 Å². The summed E-state index contributed by atoms with van der Waals surface area (Å²) >= 11 is 1.33. The summed E-state index contributed by atoms with van der Waals surface area (Å²) in [5, 5.41) is 6.38. The maximum atomic E-state index is 12.6. The number of anilines is 2. The van der Waals surface area contributed by atoms with Gasteiger partial charge in [-0.2, -0.15) is 0 Å².